The summed E-state index contributed by atoms with van der Waals surface area (Å²) < 4.78 is 0. The van der Waals surface area contributed by atoms with E-state index in [2.05, 4.69) is 20.6 Å². The molecule has 20 heavy (non-hydrogen) atoms. The van der Waals surface area contributed by atoms with Crippen molar-refractivity contribution in [2.45, 2.75) is 13.0 Å². The van der Waals surface area contributed by atoms with Crippen LogP contribution in [0.1, 0.15) is 6.92 Å². The van der Waals surface area contributed by atoms with Gasteiger partial charge in [-0.3, -0.25) is 14.9 Å². The van der Waals surface area contributed by atoms with Gasteiger partial charge in [0.15, 0.2) is 0 Å². The number of hydrogen-bond acceptors (Lipinski definition) is 6. The Morgan fingerprint density at radius 3 is 2.80 bits per heavy atom. The number of carbonyl (C=O) groups excluding carboxylic acids is 1. The number of nitrogens with zero attached hydrogens (tertiary/aromatic N) is 3. The smallest absolute Gasteiger partial charge is 0.270 e. The summed E-state index contributed by atoms with van der Waals surface area (Å²) >= 11 is 0. The molecule has 1 aromatic heterocycles. The molecule has 0 aliphatic heterocycles. The quantitative estimate of drug-likeness (QED) is 0.638. The number of non-ortho nitro benzene ring substituents is 1. The molecule has 1 unspecified atom stereocenters. The summed E-state index contributed by atoms with van der Waals surface area (Å²) in [5.41, 5.74) is 0.514. The summed E-state index contributed by atoms with van der Waals surface area (Å²) in [7, 11) is 1.53. The van der Waals surface area contributed by atoms with E-state index in [1.807, 2.05) is 0 Å². The van der Waals surface area contributed by atoms with Crippen LogP contribution in [0.3, 0.4) is 0 Å². The van der Waals surface area contributed by atoms with E-state index in [0.717, 1.165) is 0 Å². The normalized spacial score (nSPS) is 11.9. The molecular formula is C12H13N5O3. The fraction of sp³-hybridized carbons (Fsp3) is 0.250. The molecular weight excluding hydrogens is 262 g/mol. The molecule has 8 nitrogen and oxygen atoms in total. The van der Waals surface area contributed by atoms with Gasteiger partial charge >= 0.3 is 0 Å². The van der Waals surface area contributed by atoms with Crippen LogP contribution in [0.5, 0.6) is 0 Å². The Kier molecular flexibility index (Phi) is 3.74. The van der Waals surface area contributed by atoms with Crippen molar-refractivity contribution in [3.63, 3.8) is 0 Å². The van der Waals surface area contributed by atoms with E-state index in [1.54, 1.807) is 13.0 Å². The van der Waals surface area contributed by atoms with Crippen molar-refractivity contribution in [2.75, 3.05) is 12.4 Å². The molecule has 1 heterocycles. The highest BCUT2D eigenvalue weighted by Crippen LogP contribution is 2.24. The number of benzene rings is 1. The van der Waals surface area contributed by atoms with Crippen LogP contribution in [0.25, 0.3) is 10.9 Å². The van der Waals surface area contributed by atoms with E-state index in [4.69, 9.17) is 0 Å². The lowest BCUT2D eigenvalue weighted by atomic mass is 10.2. The third kappa shape index (κ3) is 2.63. The monoisotopic (exact) mass is 275 g/mol. The molecule has 0 radical (unpaired) electrons. The first kappa shape index (κ1) is 13.7. The minimum Gasteiger partial charge on any atom is -0.358 e. The zero-order chi connectivity index (χ0) is 14.7. The van der Waals surface area contributed by atoms with Crippen LogP contribution in [0.4, 0.5) is 11.5 Å². The summed E-state index contributed by atoms with van der Waals surface area (Å²) in [6.45, 7) is 1.67. The number of amides is 1. The maximum Gasteiger partial charge on any atom is 0.270 e. The molecule has 0 spiro atoms. The van der Waals surface area contributed by atoms with E-state index in [-0.39, 0.29) is 11.6 Å². The fourth-order valence-corrected chi connectivity index (χ4v) is 1.76. The third-order valence-electron chi connectivity index (χ3n) is 2.82. The van der Waals surface area contributed by atoms with Gasteiger partial charge in [0.2, 0.25) is 5.91 Å². The first-order chi connectivity index (χ1) is 9.52. The van der Waals surface area contributed by atoms with Crippen molar-refractivity contribution in [1.82, 2.24) is 15.3 Å². The van der Waals surface area contributed by atoms with Crippen LogP contribution >= 0.6 is 0 Å². The average Bonchev–Trinajstić information content (AvgIpc) is 2.46. The second kappa shape index (κ2) is 5.47. The molecule has 0 saturated carbocycles. The first-order valence-corrected chi connectivity index (χ1v) is 5.90. The number of hydrogen-bond donors (Lipinski definition) is 2. The predicted molar refractivity (Wildman–Crippen MR) is 73.3 cm³/mol. The van der Waals surface area contributed by atoms with Crippen molar-refractivity contribution < 1.29 is 9.72 Å². The number of nitro groups is 1. The standard InChI is InChI=1S/C12H13N5O3/c1-7(12(18)13-2)16-11-9-5-8(17(19)20)3-4-10(9)14-6-15-11/h3-7H,1-2H3,(H,13,18)(H,14,15,16). The van der Waals surface area contributed by atoms with E-state index >= 15 is 0 Å². The molecule has 1 amide bonds. The molecule has 2 aromatic rings. The van der Waals surface area contributed by atoms with Crippen LogP contribution < -0.4 is 10.6 Å². The molecule has 0 aliphatic carbocycles. The van der Waals surface area contributed by atoms with Gasteiger partial charge in [0.1, 0.15) is 18.2 Å². The largest absolute Gasteiger partial charge is 0.358 e. The van der Waals surface area contributed by atoms with Crippen molar-refractivity contribution in [3.8, 4) is 0 Å². The van der Waals surface area contributed by atoms with Crippen LogP contribution in [-0.4, -0.2) is 33.9 Å². The minimum atomic E-state index is -0.516. The number of nitrogens with one attached hydrogen (secondary N) is 2. The Morgan fingerprint density at radius 2 is 2.15 bits per heavy atom. The lowest BCUT2D eigenvalue weighted by Crippen LogP contribution is -2.35. The first-order valence-electron chi connectivity index (χ1n) is 5.90. The third-order valence-corrected chi connectivity index (χ3v) is 2.82. The number of nitro benzene ring substituents is 1. The van der Waals surface area contributed by atoms with Crippen LogP contribution in [-0.2, 0) is 4.79 Å². The van der Waals surface area contributed by atoms with Gasteiger partial charge in [-0.15, -0.1) is 0 Å². The van der Waals surface area contributed by atoms with Gasteiger partial charge in [0, 0.05) is 24.6 Å². The van der Waals surface area contributed by atoms with Gasteiger partial charge in [-0.2, -0.15) is 0 Å². The van der Waals surface area contributed by atoms with Crippen LogP contribution in [0.15, 0.2) is 24.5 Å². The van der Waals surface area contributed by atoms with E-state index in [1.165, 1.54) is 25.5 Å². The zero-order valence-corrected chi connectivity index (χ0v) is 11.0. The van der Waals surface area contributed by atoms with Crippen molar-refractivity contribution >= 4 is 28.3 Å². The Hall–Kier alpha value is -2.77. The predicted octanol–water partition coefficient (Wildman–Crippen LogP) is 1.08. The highest BCUT2D eigenvalue weighted by molar-refractivity contribution is 5.93. The SMILES string of the molecule is CNC(=O)C(C)Nc1ncnc2ccc([N+](=O)[O-])cc12. The van der Waals surface area contributed by atoms with Crippen LogP contribution in [0, 0.1) is 10.1 Å². The van der Waals surface area contributed by atoms with Crippen molar-refractivity contribution in [3.05, 3.63) is 34.6 Å². The van der Waals surface area contributed by atoms with Gasteiger partial charge in [-0.05, 0) is 13.0 Å². The lowest BCUT2D eigenvalue weighted by molar-refractivity contribution is -0.384. The molecule has 104 valence electrons. The Balaban J connectivity index is 2.44. The second-order valence-corrected chi connectivity index (χ2v) is 4.16. The second-order valence-electron chi connectivity index (χ2n) is 4.16. The van der Waals surface area contributed by atoms with Crippen molar-refractivity contribution in [2.24, 2.45) is 0 Å². The van der Waals surface area contributed by atoms with Gasteiger partial charge in [0.05, 0.1) is 10.4 Å². The number of rotatable bonds is 4. The van der Waals surface area contributed by atoms with Gasteiger partial charge in [-0.25, -0.2) is 9.97 Å². The number of fused-ring (bicyclic) bond motifs is 1. The Morgan fingerprint density at radius 1 is 1.40 bits per heavy atom. The molecule has 2 N–H and O–H groups in total. The van der Waals surface area contributed by atoms with Gasteiger partial charge in [0.25, 0.3) is 5.69 Å². The van der Waals surface area contributed by atoms with Gasteiger partial charge in [-0.1, -0.05) is 0 Å². The molecule has 0 fully saturated rings. The summed E-state index contributed by atoms with van der Waals surface area (Å²) in [4.78, 5) is 29.9. The number of aromatic nitrogens is 2. The molecule has 0 aliphatic rings. The molecule has 1 atom stereocenters. The number of anilines is 1. The summed E-state index contributed by atoms with van der Waals surface area (Å²) in [6.07, 6.45) is 1.34. The highest BCUT2D eigenvalue weighted by Gasteiger charge is 2.15. The molecule has 1 aromatic carbocycles. The number of likely N-dealkylation sites (N-methyl/N-ethyl adjacent to an activating group) is 1. The van der Waals surface area contributed by atoms with Gasteiger partial charge < -0.3 is 10.6 Å². The van der Waals surface area contributed by atoms with E-state index in [9.17, 15) is 14.9 Å². The maximum atomic E-state index is 11.5. The summed E-state index contributed by atoms with van der Waals surface area (Å²) in [5, 5.41) is 16.7. The topological polar surface area (TPSA) is 110 Å². The minimum absolute atomic E-state index is 0.0528. The van der Waals surface area contributed by atoms with E-state index in [0.29, 0.717) is 16.7 Å². The maximum absolute atomic E-state index is 11.5. The van der Waals surface area contributed by atoms with Crippen molar-refractivity contribution in [1.29, 1.82) is 0 Å². The number of carbonyl (C=O) groups is 1. The van der Waals surface area contributed by atoms with E-state index < -0.39 is 11.0 Å². The zero-order valence-electron chi connectivity index (χ0n) is 11.0. The highest BCUT2D eigenvalue weighted by atomic mass is 16.6. The summed E-state index contributed by atoms with van der Waals surface area (Å²) in [5.74, 6) is 0.178. The Bertz CT molecular complexity index is 673. The summed E-state index contributed by atoms with van der Waals surface area (Å²) in [6, 6.07) is 3.79. The lowest BCUT2D eigenvalue weighted by Gasteiger charge is -2.14. The molecule has 8 heteroatoms. The average molecular weight is 275 g/mol. The molecule has 0 bridgehead atoms. The molecule has 2 rings (SSSR count). The Labute approximate surface area is 114 Å². The fourth-order valence-electron chi connectivity index (χ4n) is 1.76. The van der Waals surface area contributed by atoms with Crippen LogP contribution in [0.2, 0.25) is 0 Å². The molecule has 0 saturated heterocycles.